The molecule has 20 heavy (non-hydrogen) atoms. The van der Waals surface area contributed by atoms with Crippen molar-refractivity contribution < 1.29 is 0 Å². The van der Waals surface area contributed by atoms with Gasteiger partial charge in [-0.15, -0.1) is 0 Å². The second-order valence-electron chi connectivity index (χ2n) is 5.85. The maximum Gasteiger partial charge on any atom is 0.0737 e. The van der Waals surface area contributed by atoms with Crippen LogP contribution in [-0.2, 0) is 6.42 Å². The third-order valence-electron chi connectivity index (χ3n) is 4.60. The average Bonchev–Trinajstić information content (AvgIpc) is 2.53. The van der Waals surface area contributed by atoms with E-state index in [0.29, 0.717) is 5.92 Å². The Morgan fingerprint density at radius 1 is 1.30 bits per heavy atom. The van der Waals surface area contributed by atoms with Crippen LogP contribution in [0, 0.1) is 0 Å². The highest BCUT2D eigenvalue weighted by atomic mass is 15.1. The number of likely N-dealkylation sites (tertiary alicyclic amines) is 1. The van der Waals surface area contributed by atoms with Gasteiger partial charge < -0.3 is 4.90 Å². The Morgan fingerprint density at radius 3 is 3.00 bits per heavy atom. The molecule has 1 aromatic heterocycles. The highest BCUT2D eigenvalue weighted by Crippen LogP contribution is 2.31. The number of nitrogens with zero attached hydrogens (tertiary/aromatic N) is 2. The second-order valence-corrected chi connectivity index (χ2v) is 5.85. The molecule has 0 spiro atoms. The molecular formula is C18H24N2. The van der Waals surface area contributed by atoms with E-state index in [-0.39, 0.29) is 0 Å². The first-order valence-corrected chi connectivity index (χ1v) is 7.91. The van der Waals surface area contributed by atoms with Crippen molar-refractivity contribution in [3.63, 3.8) is 0 Å². The van der Waals surface area contributed by atoms with Crippen LogP contribution < -0.4 is 0 Å². The van der Waals surface area contributed by atoms with E-state index < -0.39 is 0 Å². The van der Waals surface area contributed by atoms with Gasteiger partial charge in [0.05, 0.1) is 5.52 Å². The fourth-order valence-electron chi connectivity index (χ4n) is 3.35. The number of aryl methyl sites for hydroxylation is 1. The van der Waals surface area contributed by atoms with Crippen LogP contribution in [-0.4, -0.2) is 29.5 Å². The predicted octanol–water partition coefficient (Wildman–Crippen LogP) is 4.00. The lowest BCUT2D eigenvalue weighted by Crippen LogP contribution is -2.34. The first-order chi connectivity index (χ1) is 9.81. The van der Waals surface area contributed by atoms with E-state index in [2.05, 4.69) is 43.0 Å². The summed E-state index contributed by atoms with van der Waals surface area (Å²) in [4.78, 5) is 7.32. The normalized spacial score (nSPS) is 20.4. The fourth-order valence-corrected chi connectivity index (χ4v) is 3.35. The topological polar surface area (TPSA) is 16.1 Å². The van der Waals surface area contributed by atoms with Crippen LogP contribution in [0.1, 0.15) is 43.7 Å². The molecule has 1 aromatic carbocycles. The Balaban J connectivity index is 1.98. The van der Waals surface area contributed by atoms with Gasteiger partial charge in [-0.05, 0) is 55.5 Å². The maximum absolute atomic E-state index is 4.76. The summed E-state index contributed by atoms with van der Waals surface area (Å²) in [5, 5.41) is 1.30. The van der Waals surface area contributed by atoms with Gasteiger partial charge in [0.1, 0.15) is 0 Å². The molecule has 0 radical (unpaired) electrons. The third kappa shape index (κ3) is 2.57. The molecule has 0 bridgehead atoms. The van der Waals surface area contributed by atoms with Gasteiger partial charge in [0.25, 0.3) is 0 Å². The molecule has 0 saturated carbocycles. The Bertz CT molecular complexity index is 591. The number of pyridine rings is 1. The minimum Gasteiger partial charge on any atom is -0.303 e. The first-order valence-electron chi connectivity index (χ1n) is 7.91. The van der Waals surface area contributed by atoms with Crippen LogP contribution in [0.25, 0.3) is 10.9 Å². The third-order valence-corrected chi connectivity index (χ3v) is 4.60. The van der Waals surface area contributed by atoms with Gasteiger partial charge in [-0.1, -0.05) is 32.0 Å². The summed E-state index contributed by atoms with van der Waals surface area (Å²) in [5.41, 5.74) is 3.99. The van der Waals surface area contributed by atoms with E-state index in [1.165, 1.54) is 48.0 Å². The summed E-state index contributed by atoms with van der Waals surface area (Å²) in [6.07, 6.45) is 5.71. The first kappa shape index (κ1) is 13.6. The van der Waals surface area contributed by atoms with E-state index in [1.54, 1.807) is 0 Å². The molecule has 0 N–H and O–H groups in total. The molecule has 2 nitrogen and oxygen atoms in total. The number of para-hydroxylation sites is 1. The lowest BCUT2D eigenvalue weighted by atomic mass is 9.89. The average molecular weight is 268 g/mol. The number of benzene rings is 1. The second kappa shape index (κ2) is 5.92. The smallest absolute Gasteiger partial charge is 0.0737 e. The van der Waals surface area contributed by atoms with Crippen LogP contribution in [0.4, 0.5) is 0 Å². The number of hydrogen-bond donors (Lipinski definition) is 0. The highest BCUT2D eigenvalue weighted by molar-refractivity contribution is 5.82. The Labute approximate surface area is 121 Å². The molecule has 2 heterocycles. The molecule has 0 aliphatic carbocycles. The molecule has 1 saturated heterocycles. The quantitative estimate of drug-likeness (QED) is 0.836. The van der Waals surface area contributed by atoms with Crippen molar-refractivity contribution in [2.45, 2.75) is 39.0 Å². The molecule has 1 unspecified atom stereocenters. The van der Waals surface area contributed by atoms with Gasteiger partial charge in [0.15, 0.2) is 0 Å². The number of hydrogen-bond acceptors (Lipinski definition) is 2. The number of fused-ring (bicyclic) bond motifs is 1. The molecule has 1 aliphatic heterocycles. The number of piperidine rings is 1. The van der Waals surface area contributed by atoms with Gasteiger partial charge in [-0.3, -0.25) is 4.98 Å². The van der Waals surface area contributed by atoms with Gasteiger partial charge in [-0.2, -0.15) is 0 Å². The molecule has 1 aliphatic rings. The van der Waals surface area contributed by atoms with Crippen molar-refractivity contribution in [1.29, 1.82) is 0 Å². The lowest BCUT2D eigenvalue weighted by Gasteiger charge is -2.32. The van der Waals surface area contributed by atoms with Gasteiger partial charge in [-0.25, -0.2) is 0 Å². The predicted molar refractivity (Wildman–Crippen MR) is 85.2 cm³/mol. The molecule has 2 heteroatoms. The Morgan fingerprint density at radius 2 is 2.20 bits per heavy atom. The van der Waals surface area contributed by atoms with Crippen molar-refractivity contribution in [1.82, 2.24) is 9.88 Å². The summed E-state index contributed by atoms with van der Waals surface area (Å²) < 4.78 is 0. The summed E-state index contributed by atoms with van der Waals surface area (Å²) >= 11 is 0. The summed E-state index contributed by atoms with van der Waals surface area (Å²) in [7, 11) is 0. The molecule has 2 aromatic rings. The summed E-state index contributed by atoms with van der Waals surface area (Å²) in [5.74, 6) is 0.646. The largest absolute Gasteiger partial charge is 0.303 e. The van der Waals surface area contributed by atoms with Gasteiger partial charge in [0.2, 0.25) is 0 Å². The van der Waals surface area contributed by atoms with E-state index in [4.69, 9.17) is 4.98 Å². The zero-order valence-electron chi connectivity index (χ0n) is 12.6. The Hall–Kier alpha value is -1.41. The van der Waals surface area contributed by atoms with Gasteiger partial charge in [0, 0.05) is 18.1 Å². The number of aromatic nitrogens is 1. The lowest BCUT2D eigenvalue weighted by molar-refractivity contribution is 0.218. The minimum absolute atomic E-state index is 0.646. The Kier molecular flexibility index (Phi) is 4.02. The van der Waals surface area contributed by atoms with Gasteiger partial charge >= 0.3 is 0 Å². The standard InChI is InChI=1S/C18H24N2/c1-3-14-11-15-7-5-9-17(18(15)19-12-14)16-8-6-10-20(4-2)13-16/h5,7,9,11-12,16H,3-4,6,8,10,13H2,1-2H3. The summed E-state index contributed by atoms with van der Waals surface area (Å²) in [6, 6.07) is 8.98. The van der Waals surface area contributed by atoms with Crippen LogP contribution in [0.5, 0.6) is 0 Å². The molecule has 106 valence electrons. The van der Waals surface area contributed by atoms with Crippen molar-refractivity contribution >= 4 is 10.9 Å². The molecule has 3 rings (SSSR count). The number of likely N-dealkylation sites (N-methyl/N-ethyl adjacent to an activating group) is 1. The molecule has 1 atom stereocenters. The van der Waals surface area contributed by atoms with E-state index in [0.717, 1.165) is 13.0 Å². The van der Waals surface area contributed by atoms with Crippen LogP contribution >= 0.6 is 0 Å². The number of rotatable bonds is 3. The highest BCUT2D eigenvalue weighted by Gasteiger charge is 2.22. The molecule has 0 amide bonds. The molecular weight excluding hydrogens is 244 g/mol. The van der Waals surface area contributed by atoms with Crippen LogP contribution in [0.2, 0.25) is 0 Å². The zero-order valence-corrected chi connectivity index (χ0v) is 12.6. The van der Waals surface area contributed by atoms with E-state index in [9.17, 15) is 0 Å². The van der Waals surface area contributed by atoms with Crippen molar-refractivity contribution in [3.05, 3.63) is 41.6 Å². The molecule has 1 fully saturated rings. The minimum atomic E-state index is 0.646. The van der Waals surface area contributed by atoms with Crippen LogP contribution in [0.3, 0.4) is 0 Å². The fraction of sp³-hybridized carbons (Fsp3) is 0.500. The van der Waals surface area contributed by atoms with Crippen molar-refractivity contribution in [2.24, 2.45) is 0 Å². The monoisotopic (exact) mass is 268 g/mol. The van der Waals surface area contributed by atoms with Crippen molar-refractivity contribution in [2.75, 3.05) is 19.6 Å². The SMILES string of the molecule is CCc1cnc2c(C3CCCN(CC)C3)cccc2c1. The maximum atomic E-state index is 4.76. The van der Waals surface area contributed by atoms with Crippen LogP contribution in [0.15, 0.2) is 30.5 Å². The van der Waals surface area contributed by atoms with Crippen molar-refractivity contribution in [3.8, 4) is 0 Å². The van der Waals surface area contributed by atoms with E-state index in [1.807, 2.05) is 6.20 Å². The zero-order chi connectivity index (χ0) is 13.9. The van der Waals surface area contributed by atoms with E-state index >= 15 is 0 Å². The summed E-state index contributed by atoms with van der Waals surface area (Å²) in [6.45, 7) is 8.05.